The Morgan fingerprint density at radius 1 is 0.533 bits per heavy atom. The Kier molecular flexibility index (Phi) is 21.9. The van der Waals surface area contributed by atoms with Gasteiger partial charge in [-0.05, 0) is 10.8 Å². The van der Waals surface area contributed by atoms with Gasteiger partial charge in [0.15, 0.2) is 0 Å². The smallest absolute Gasteiger partial charge is 0 e. The third kappa shape index (κ3) is 609. The molecule has 0 aromatic heterocycles. The zero-order valence-electron chi connectivity index (χ0n) is 12.9. The van der Waals surface area contributed by atoms with Gasteiger partial charge in [-0.2, -0.15) is 0 Å². The molecule has 0 atom stereocenters. The number of unbranched alkanes of at least 4 members (excludes halogenated alkanes) is 1. The zero-order chi connectivity index (χ0) is 12.4. The molecule has 0 aliphatic rings. The van der Waals surface area contributed by atoms with Gasteiger partial charge < -0.3 is 0 Å². The molecule has 0 saturated carbocycles. The van der Waals surface area contributed by atoms with Gasteiger partial charge in [0.25, 0.3) is 0 Å². The summed E-state index contributed by atoms with van der Waals surface area (Å²) in [6.45, 7) is 21.9. The minimum absolute atomic E-state index is 0. The average Bonchev–Trinajstić information content (AvgIpc) is 1.79. The summed E-state index contributed by atoms with van der Waals surface area (Å²) in [5.74, 6) is 0. The van der Waals surface area contributed by atoms with Crippen LogP contribution in [0, 0.1) is 41.9 Å². The summed E-state index contributed by atoms with van der Waals surface area (Å²) in [5, 5.41) is 0. The molecule has 0 spiro atoms. The van der Waals surface area contributed by atoms with Crippen molar-refractivity contribution in [2.75, 3.05) is 0 Å². The Bertz CT molecular complexity index is 66.9. The molecular weight excluding hydrogens is 406 g/mol. The molecule has 0 aliphatic heterocycles. The molecule has 0 radical (unpaired) electrons. The van der Waals surface area contributed by atoms with Crippen LogP contribution in [0.25, 0.3) is 0 Å². The number of hydrogen-bond acceptors (Lipinski definition) is 0. The summed E-state index contributed by atoms with van der Waals surface area (Å²) < 4.78 is 0. The molecule has 0 N–H and O–H groups in total. The third-order valence-electron chi connectivity index (χ3n) is 0.500. The van der Waals surface area contributed by atoms with Crippen molar-refractivity contribution in [1.29, 1.82) is 0 Å². The maximum Gasteiger partial charge on any atom is 0 e. The summed E-state index contributed by atoms with van der Waals surface area (Å²) in [4.78, 5) is 0. The Balaban J connectivity index is -0.0000000590. The molecule has 0 unspecified atom stereocenters. The summed E-state index contributed by atoms with van der Waals surface area (Å²) in [6.07, 6.45) is 2.64. The van der Waals surface area contributed by atoms with Gasteiger partial charge in [0.1, 0.15) is 0 Å². The van der Waals surface area contributed by atoms with Gasteiger partial charge in [0, 0.05) is 31.1 Å². The van der Waals surface area contributed by atoms with E-state index in [9.17, 15) is 0 Å². The van der Waals surface area contributed by atoms with Gasteiger partial charge in [-0.25, -0.2) is 0 Å². The van der Waals surface area contributed by atoms with Gasteiger partial charge in [0.05, 0.1) is 0 Å². The van der Waals surface area contributed by atoms with Crippen LogP contribution in [-0.4, -0.2) is 0 Å². The van der Waals surface area contributed by atoms with E-state index in [1.807, 2.05) is 0 Å². The molecule has 0 saturated heterocycles. The summed E-state index contributed by atoms with van der Waals surface area (Å²) in [5.41, 5.74) is 1.00. The normalized spacial score (nSPS) is 10.0. The van der Waals surface area contributed by atoms with Crippen molar-refractivity contribution in [2.24, 2.45) is 10.8 Å². The molecular formula is C14H34U. The van der Waals surface area contributed by atoms with E-state index in [1.165, 1.54) is 12.8 Å². The van der Waals surface area contributed by atoms with Crippen LogP contribution in [-0.2, 0) is 0 Å². The zero-order valence-corrected chi connectivity index (χ0v) is 17.1. The van der Waals surface area contributed by atoms with E-state index >= 15 is 0 Å². The first-order chi connectivity index (χ1) is 5.91. The summed E-state index contributed by atoms with van der Waals surface area (Å²) >= 11 is 0. The van der Waals surface area contributed by atoms with Crippen LogP contribution in [0.4, 0.5) is 0 Å². The van der Waals surface area contributed by atoms with Crippen LogP contribution in [0.3, 0.4) is 0 Å². The molecule has 0 heterocycles. The van der Waals surface area contributed by atoms with Crippen molar-refractivity contribution in [3.8, 4) is 0 Å². The van der Waals surface area contributed by atoms with Crippen LogP contribution < -0.4 is 0 Å². The van der Waals surface area contributed by atoms with E-state index in [1.54, 1.807) is 0 Å². The predicted octanol–water partition coefficient (Wildman–Crippen LogP) is 5.91. The second-order valence-electron chi connectivity index (χ2n) is 7.00. The molecule has 0 rings (SSSR count). The SMILES string of the molecule is CC(C)(C)C.CC(C)(C)C.CCCC.[U]. The minimum Gasteiger partial charge on any atom is -0.0654 e. The van der Waals surface area contributed by atoms with E-state index in [0.29, 0.717) is 10.8 Å². The van der Waals surface area contributed by atoms with Crippen LogP contribution in [0.1, 0.15) is 82.1 Å². The largest absolute Gasteiger partial charge is 0.0654 e. The van der Waals surface area contributed by atoms with Crippen molar-refractivity contribution in [1.82, 2.24) is 0 Å². The van der Waals surface area contributed by atoms with Crippen LogP contribution in [0.15, 0.2) is 0 Å². The third-order valence-corrected chi connectivity index (χ3v) is 0.500. The number of rotatable bonds is 1. The Labute approximate surface area is 123 Å². The second kappa shape index (κ2) is 13.1. The monoisotopic (exact) mass is 440 g/mol. The molecule has 0 amide bonds. The second-order valence-corrected chi connectivity index (χ2v) is 7.00. The molecule has 0 aromatic carbocycles. The quantitative estimate of drug-likeness (QED) is 0.476. The molecule has 0 fully saturated rings. The predicted molar refractivity (Wildman–Crippen MR) is 70.8 cm³/mol. The Morgan fingerprint density at radius 2 is 0.600 bits per heavy atom. The maximum absolute atomic E-state index is 2.19. The average molecular weight is 440 g/mol. The number of hydrogen-bond donors (Lipinski definition) is 0. The first-order valence-corrected chi connectivity index (χ1v) is 5.91. The first-order valence-electron chi connectivity index (χ1n) is 5.91. The standard InChI is InChI=1S/2C5H12.C4H10.U/c2*1-5(2,3)4;1-3-4-2;/h2*1-4H3;3-4H2,1-2H3;. The first kappa shape index (κ1) is 25.0. The van der Waals surface area contributed by atoms with Crippen molar-refractivity contribution >= 4 is 0 Å². The Morgan fingerprint density at radius 3 is 0.600 bits per heavy atom. The van der Waals surface area contributed by atoms with Gasteiger partial charge in [-0.3, -0.25) is 0 Å². The molecule has 0 nitrogen and oxygen atoms in total. The fraction of sp³-hybridized carbons (Fsp3) is 1.00. The van der Waals surface area contributed by atoms with E-state index in [0.717, 1.165) is 0 Å². The van der Waals surface area contributed by atoms with Crippen molar-refractivity contribution < 1.29 is 31.1 Å². The van der Waals surface area contributed by atoms with Gasteiger partial charge in [0.2, 0.25) is 0 Å². The van der Waals surface area contributed by atoms with Gasteiger partial charge in [-0.1, -0.05) is 82.1 Å². The van der Waals surface area contributed by atoms with Crippen LogP contribution in [0.2, 0.25) is 0 Å². The van der Waals surface area contributed by atoms with Gasteiger partial charge in [-0.15, -0.1) is 0 Å². The van der Waals surface area contributed by atoms with E-state index in [4.69, 9.17) is 0 Å². The molecule has 1 heteroatoms. The van der Waals surface area contributed by atoms with Crippen LogP contribution in [0.5, 0.6) is 0 Å². The minimum atomic E-state index is 0. The fourth-order valence-electron chi connectivity index (χ4n) is 0. The van der Waals surface area contributed by atoms with Crippen molar-refractivity contribution in [2.45, 2.75) is 82.1 Å². The molecule has 15 heavy (non-hydrogen) atoms. The maximum atomic E-state index is 2.19. The molecule has 94 valence electrons. The molecule has 0 aliphatic carbocycles. The van der Waals surface area contributed by atoms with Crippen LogP contribution >= 0.6 is 0 Å². The van der Waals surface area contributed by atoms with Crippen molar-refractivity contribution in [3.63, 3.8) is 0 Å². The Hall–Kier alpha value is 1.05. The van der Waals surface area contributed by atoms with Gasteiger partial charge >= 0.3 is 0 Å². The van der Waals surface area contributed by atoms with E-state index < -0.39 is 0 Å². The molecule has 0 bridgehead atoms. The summed E-state index contributed by atoms with van der Waals surface area (Å²) in [7, 11) is 0. The van der Waals surface area contributed by atoms with E-state index in [2.05, 4.69) is 69.2 Å². The van der Waals surface area contributed by atoms with Crippen molar-refractivity contribution in [3.05, 3.63) is 0 Å². The fourth-order valence-corrected chi connectivity index (χ4v) is 0. The summed E-state index contributed by atoms with van der Waals surface area (Å²) in [6, 6.07) is 0. The molecule has 0 aromatic rings. The topological polar surface area (TPSA) is 0 Å². The van der Waals surface area contributed by atoms with E-state index in [-0.39, 0.29) is 31.1 Å².